The molecule has 0 aromatic carbocycles. The van der Waals surface area contributed by atoms with Crippen molar-refractivity contribution in [3.63, 3.8) is 0 Å². The first-order chi connectivity index (χ1) is 8.76. The lowest BCUT2D eigenvalue weighted by Crippen LogP contribution is -2.46. The second-order valence-electron chi connectivity index (χ2n) is 3.87. The van der Waals surface area contributed by atoms with Crippen molar-refractivity contribution in [3.05, 3.63) is 18.2 Å². The highest BCUT2D eigenvalue weighted by Gasteiger charge is 2.39. The van der Waals surface area contributed by atoms with Crippen molar-refractivity contribution in [3.8, 4) is 0 Å². The summed E-state index contributed by atoms with van der Waals surface area (Å²) in [5.74, 6) is 1.00. The quantitative estimate of drug-likeness (QED) is 0.664. The number of hydrogen-bond acceptors (Lipinski definition) is 4. The summed E-state index contributed by atoms with van der Waals surface area (Å²) in [7, 11) is -2.47. The van der Waals surface area contributed by atoms with Gasteiger partial charge in [-0.3, -0.25) is 0 Å². The van der Waals surface area contributed by atoms with Gasteiger partial charge < -0.3 is 18.3 Å². The van der Waals surface area contributed by atoms with Crippen LogP contribution >= 0.6 is 0 Å². The molecule has 0 fully saturated rings. The molecule has 1 N–H and O–H groups in total. The van der Waals surface area contributed by atoms with Gasteiger partial charge in [-0.2, -0.15) is 0 Å². The van der Waals surface area contributed by atoms with Gasteiger partial charge in [-0.1, -0.05) is 0 Å². The van der Waals surface area contributed by atoms with Crippen molar-refractivity contribution in [1.29, 1.82) is 0 Å². The van der Waals surface area contributed by atoms with E-state index in [1.807, 2.05) is 27.0 Å². The van der Waals surface area contributed by atoms with Crippen LogP contribution in [0.25, 0.3) is 0 Å². The van der Waals surface area contributed by atoms with Gasteiger partial charge in [-0.05, 0) is 27.2 Å². The second-order valence-corrected chi connectivity index (χ2v) is 6.60. The molecule has 0 amide bonds. The molecule has 1 heterocycles. The summed E-state index contributed by atoms with van der Waals surface area (Å²) in [6.07, 6.45) is 5.47. The van der Waals surface area contributed by atoms with Crippen molar-refractivity contribution in [2.75, 3.05) is 19.8 Å². The number of aryl methyl sites for hydroxylation is 1. The highest BCUT2D eigenvalue weighted by atomic mass is 28.4. The molecule has 18 heavy (non-hydrogen) atoms. The van der Waals surface area contributed by atoms with Gasteiger partial charge in [0.1, 0.15) is 5.82 Å². The molecule has 1 rings (SSSR count). The first kappa shape index (κ1) is 15.4. The fraction of sp³-hybridized carbons (Fsp3) is 0.750. The SMILES string of the molecule is CCO[Si](CCCc1ncc[nH]1)(OCC)OCC. The standard InChI is InChI=1S/C12H24N2O3Si/c1-4-15-18(16-5-2,17-6-3)11-7-8-12-13-9-10-14-12/h9-10H,4-8,11H2,1-3H3,(H,13,14). The molecular weight excluding hydrogens is 248 g/mol. The monoisotopic (exact) mass is 272 g/mol. The topological polar surface area (TPSA) is 56.4 Å². The van der Waals surface area contributed by atoms with Gasteiger partial charge in [0, 0.05) is 44.7 Å². The molecule has 0 saturated carbocycles. The summed E-state index contributed by atoms with van der Waals surface area (Å²) < 4.78 is 17.4. The molecule has 5 nitrogen and oxygen atoms in total. The van der Waals surface area contributed by atoms with Crippen molar-refractivity contribution < 1.29 is 13.3 Å². The van der Waals surface area contributed by atoms with Crippen LogP contribution in [0.15, 0.2) is 12.4 Å². The third-order valence-electron chi connectivity index (χ3n) is 2.54. The number of nitrogens with zero attached hydrogens (tertiary/aromatic N) is 1. The average Bonchev–Trinajstić information content (AvgIpc) is 2.83. The second kappa shape index (κ2) is 8.42. The van der Waals surface area contributed by atoms with E-state index in [0.29, 0.717) is 19.8 Å². The third-order valence-corrected chi connectivity index (χ3v) is 5.70. The highest BCUT2D eigenvalue weighted by molar-refractivity contribution is 6.60. The van der Waals surface area contributed by atoms with Crippen LogP contribution in [-0.2, 0) is 19.7 Å². The van der Waals surface area contributed by atoms with Crippen LogP contribution < -0.4 is 0 Å². The summed E-state index contributed by atoms with van der Waals surface area (Å²) in [4.78, 5) is 7.31. The minimum absolute atomic E-state index is 0.632. The predicted molar refractivity (Wildman–Crippen MR) is 72.3 cm³/mol. The first-order valence-electron chi connectivity index (χ1n) is 6.66. The normalized spacial score (nSPS) is 11.9. The Kier molecular flexibility index (Phi) is 7.18. The van der Waals surface area contributed by atoms with E-state index in [4.69, 9.17) is 13.3 Å². The minimum atomic E-state index is -2.47. The maximum atomic E-state index is 5.79. The van der Waals surface area contributed by atoms with Crippen molar-refractivity contribution in [1.82, 2.24) is 9.97 Å². The molecule has 6 heteroatoms. The van der Waals surface area contributed by atoms with E-state index in [1.54, 1.807) is 6.20 Å². The molecular formula is C12H24N2O3Si. The van der Waals surface area contributed by atoms with Gasteiger partial charge in [0.2, 0.25) is 0 Å². The molecule has 0 aliphatic rings. The van der Waals surface area contributed by atoms with Gasteiger partial charge in [0.15, 0.2) is 0 Å². The third kappa shape index (κ3) is 4.89. The fourth-order valence-corrected chi connectivity index (χ4v) is 4.52. The van der Waals surface area contributed by atoms with Crippen molar-refractivity contribution in [2.24, 2.45) is 0 Å². The lowest BCUT2D eigenvalue weighted by Gasteiger charge is -2.28. The number of hydrogen-bond donors (Lipinski definition) is 1. The fourth-order valence-electron chi connectivity index (χ4n) is 1.91. The summed E-state index contributed by atoms with van der Waals surface area (Å²) in [5.41, 5.74) is 0. The van der Waals surface area contributed by atoms with Gasteiger partial charge in [0.05, 0.1) is 0 Å². The van der Waals surface area contributed by atoms with Gasteiger partial charge in [-0.25, -0.2) is 4.98 Å². The van der Waals surface area contributed by atoms with E-state index in [9.17, 15) is 0 Å². The van der Waals surface area contributed by atoms with Crippen LogP contribution in [0.3, 0.4) is 0 Å². The molecule has 0 spiro atoms. The molecule has 0 aliphatic heterocycles. The number of nitrogens with one attached hydrogen (secondary N) is 1. The zero-order chi connectivity index (χ0) is 13.3. The van der Waals surface area contributed by atoms with Crippen LogP contribution in [0.1, 0.15) is 33.0 Å². The summed E-state index contributed by atoms with van der Waals surface area (Å²) in [6, 6.07) is 0.837. The van der Waals surface area contributed by atoms with Crippen molar-refractivity contribution in [2.45, 2.75) is 39.7 Å². The van der Waals surface area contributed by atoms with Gasteiger partial charge in [-0.15, -0.1) is 0 Å². The predicted octanol–water partition coefficient (Wildman–Crippen LogP) is 2.39. The summed E-state index contributed by atoms with van der Waals surface area (Å²) in [6.45, 7) is 7.83. The summed E-state index contributed by atoms with van der Waals surface area (Å²) in [5, 5.41) is 0. The molecule has 1 aromatic rings. The Bertz CT molecular complexity index is 289. The van der Waals surface area contributed by atoms with E-state index >= 15 is 0 Å². The maximum Gasteiger partial charge on any atom is 0.500 e. The van der Waals surface area contributed by atoms with E-state index in [0.717, 1.165) is 24.7 Å². The largest absolute Gasteiger partial charge is 0.500 e. The first-order valence-corrected chi connectivity index (χ1v) is 8.59. The molecule has 0 bridgehead atoms. The van der Waals surface area contributed by atoms with Crippen LogP contribution in [0.2, 0.25) is 6.04 Å². The Hall–Kier alpha value is -0.693. The van der Waals surface area contributed by atoms with Crippen LogP contribution in [0, 0.1) is 0 Å². The highest BCUT2D eigenvalue weighted by Crippen LogP contribution is 2.19. The van der Waals surface area contributed by atoms with Crippen LogP contribution in [0.4, 0.5) is 0 Å². The summed E-state index contributed by atoms with van der Waals surface area (Å²) >= 11 is 0. The zero-order valence-electron chi connectivity index (χ0n) is 11.6. The Balaban J connectivity index is 2.47. The Morgan fingerprint density at radius 1 is 1.11 bits per heavy atom. The Morgan fingerprint density at radius 2 is 1.72 bits per heavy atom. The molecule has 1 aromatic heterocycles. The molecule has 104 valence electrons. The maximum absolute atomic E-state index is 5.79. The number of H-pyrrole nitrogens is 1. The number of rotatable bonds is 10. The Labute approximate surface area is 110 Å². The minimum Gasteiger partial charge on any atom is -0.374 e. The lowest BCUT2D eigenvalue weighted by molar-refractivity contribution is 0.0708. The van der Waals surface area contributed by atoms with E-state index < -0.39 is 8.80 Å². The average molecular weight is 272 g/mol. The zero-order valence-corrected chi connectivity index (χ0v) is 12.6. The van der Waals surface area contributed by atoms with E-state index in [2.05, 4.69) is 9.97 Å². The number of aromatic nitrogens is 2. The van der Waals surface area contributed by atoms with Gasteiger partial charge >= 0.3 is 8.80 Å². The number of aromatic amines is 1. The van der Waals surface area contributed by atoms with E-state index in [1.165, 1.54) is 0 Å². The molecule has 0 atom stereocenters. The van der Waals surface area contributed by atoms with Crippen molar-refractivity contribution >= 4 is 8.80 Å². The molecule has 0 aliphatic carbocycles. The molecule has 0 saturated heterocycles. The molecule has 0 unspecified atom stereocenters. The smallest absolute Gasteiger partial charge is 0.374 e. The van der Waals surface area contributed by atoms with E-state index in [-0.39, 0.29) is 0 Å². The number of imidazole rings is 1. The molecule has 0 radical (unpaired) electrons. The van der Waals surface area contributed by atoms with Crippen LogP contribution in [-0.4, -0.2) is 38.6 Å². The lowest BCUT2D eigenvalue weighted by atomic mass is 10.3. The van der Waals surface area contributed by atoms with Crippen LogP contribution in [0.5, 0.6) is 0 Å². The Morgan fingerprint density at radius 3 is 2.17 bits per heavy atom. The van der Waals surface area contributed by atoms with Gasteiger partial charge in [0.25, 0.3) is 0 Å².